The Hall–Kier alpha value is -1.96. The summed E-state index contributed by atoms with van der Waals surface area (Å²) in [5, 5.41) is 25.8. The Kier molecular flexibility index (Phi) is 7.35. The number of rotatable bonds is 10. The normalized spacial score (nSPS) is 13.5. The van der Waals surface area contributed by atoms with Crippen molar-refractivity contribution in [2.24, 2.45) is 11.7 Å². The number of hydrogen-bond donors (Lipinski definition) is 4. The van der Waals surface area contributed by atoms with Crippen molar-refractivity contribution in [3.05, 3.63) is 0 Å². The molecule has 0 saturated heterocycles. The van der Waals surface area contributed by atoms with E-state index in [1.54, 1.807) is 0 Å². The van der Waals surface area contributed by atoms with Gasteiger partial charge in [-0.3, -0.25) is 19.2 Å². The molecule has 0 aliphatic rings. The zero-order valence-electron chi connectivity index (χ0n) is 10.2. The van der Waals surface area contributed by atoms with Crippen LogP contribution in [0, 0.1) is 5.92 Å². The number of carbonyl (C=O) groups is 4. The molecule has 0 radical (unpaired) electrons. The molecule has 2 atom stereocenters. The summed E-state index contributed by atoms with van der Waals surface area (Å²) in [6, 6.07) is -1.16. The first-order valence-corrected chi connectivity index (χ1v) is 5.68. The third-order valence-corrected chi connectivity index (χ3v) is 2.58. The highest BCUT2D eigenvalue weighted by Gasteiger charge is 2.23. The van der Waals surface area contributed by atoms with E-state index in [-0.39, 0.29) is 32.1 Å². The molecule has 0 aromatic heterocycles. The topological polar surface area (TPSA) is 155 Å². The predicted molar refractivity (Wildman–Crippen MR) is 62.5 cm³/mol. The van der Waals surface area contributed by atoms with Crippen molar-refractivity contribution in [2.75, 3.05) is 0 Å². The number of carboxylic acids is 3. The number of Topliss-reactive ketones (excluding diaryl/α,β-unsaturated/α-hetero) is 1. The SMILES string of the molecule is N[C@@H](CCC(=O)C[C@H](CCC(=O)O)C(=O)O)C(=O)O. The predicted octanol–water partition coefficient (Wildman–Crippen LogP) is -0.297. The van der Waals surface area contributed by atoms with Gasteiger partial charge in [0.15, 0.2) is 0 Å². The lowest BCUT2D eigenvalue weighted by molar-refractivity contribution is -0.145. The van der Waals surface area contributed by atoms with Gasteiger partial charge in [0.1, 0.15) is 11.8 Å². The molecule has 0 amide bonds. The molecule has 19 heavy (non-hydrogen) atoms. The lowest BCUT2D eigenvalue weighted by Crippen LogP contribution is -2.31. The minimum Gasteiger partial charge on any atom is -0.481 e. The number of aliphatic carboxylic acids is 3. The molecule has 0 bridgehead atoms. The van der Waals surface area contributed by atoms with Gasteiger partial charge < -0.3 is 21.1 Å². The fourth-order valence-electron chi connectivity index (χ4n) is 1.43. The van der Waals surface area contributed by atoms with Gasteiger partial charge in [0.05, 0.1) is 5.92 Å². The maximum absolute atomic E-state index is 11.5. The summed E-state index contributed by atoms with van der Waals surface area (Å²) in [4.78, 5) is 43.1. The van der Waals surface area contributed by atoms with Gasteiger partial charge in [-0.2, -0.15) is 0 Å². The van der Waals surface area contributed by atoms with Crippen LogP contribution in [0.2, 0.25) is 0 Å². The molecule has 0 heterocycles. The van der Waals surface area contributed by atoms with E-state index in [2.05, 4.69) is 0 Å². The molecule has 108 valence electrons. The minimum absolute atomic E-state index is 0.0700. The zero-order chi connectivity index (χ0) is 15.0. The summed E-state index contributed by atoms with van der Waals surface area (Å²) >= 11 is 0. The first-order chi connectivity index (χ1) is 8.73. The molecule has 0 saturated carbocycles. The van der Waals surface area contributed by atoms with E-state index in [9.17, 15) is 19.2 Å². The summed E-state index contributed by atoms with van der Waals surface area (Å²) in [5.41, 5.74) is 5.21. The molecule has 0 aromatic carbocycles. The van der Waals surface area contributed by atoms with Crippen molar-refractivity contribution >= 4 is 23.7 Å². The molecule has 0 fully saturated rings. The monoisotopic (exact) mass is 275 g/mol. The van der Waals surface area contributed by atoms with Crippen molar-refractivity contribution < 1.29 is 34.5 Å². The Labute approximate surface area is 109 Å². The largest absolute Gasteiger partial charge is 0.481 e. The van der Waals surface area contributed by atoms with E-state index in [4.69, 9.17) is 21.1 Å². The first kappa shape index (κ1) is 17.0. The second kappa shape index (κ2) is 8.20. The van der Waals surface area contributed by atoms with Gasteiger partial charge in [0, 0.05) is 19.3 Å². The summed E-state index contributed by atoms with van der Waals surface area (Å²) in [6.07, 6.45) is -0.987. The van der Waals surface area contributed by atoms with Crippen LogP contribution in [0.3, 0.4) is 0 Å². The molecule has 0 aromatic rings. The Morgan fingerprint density at radius 1 is 0.895 bits per heavy atom. The fourth-order valence-corrected chi connectivity index (χ4v) is 1.43. The highest BCUT2D eigenvalue weighted by molar-refractivity contribution is 5.84. The Balaban J connectivity index is 4.20. The number of carbonyl (C=O) groups excluding carboxylic acids is 1. The van der Waals surface area contributed by atoms with E-state index in [0.29, 0.717) is 0 Å². The molecule has 0 unspecified atom stereocenters. The zero-order valence-corrected chi connectivity index (χ0v) is 10.2. The third-order valence-electron chi connectivity index (χ3n) is 2.58. The smallest absolute Gasteiger partial charge is 0.320 e. The van der Waals surface area contributed by atoms with Crippen molar-refractivity contribution in [1.82, 2.24) is 0 Å². The highest BCUT2D eigenvalue weighted by atomic mass is 16.4. The molecule has 0 aliphatic carbocycles. The van der Waals surface area contributed by atoms with Gasteiger partial charge in [-0.15, -0.1) is 0 Å². The minimum atomic E-state index is -1.24. The molecule has 0 spiro atoms. The van der Waals surface area contributed by atoms with Crippen LogP contribution in [0.15, 0.2) is 0 Å². The van der Waals surface area contributed by atoms with Gasteiger partial charge in [0.2, 0.25) is 0 Å². The Bertz CT molecular complexity index is 366. The Morgan fingerprint density at radius 2 is 1.47 bits per heavy atom. The molecule has 8 nitrogen and oxygen atoms in total. The van der Waals surface area contributed by atoms with E-state index >= 15 is 0 Å². The summed E-state index contributed by atoms with van der Waals surface area (Å²) < 4.78 is 0. The van der Waals surface area contributed by atoms with Crippen LogP contribution in [0.5, 0.6) is 0 Å². The van der Waals surface area contributed by atoms with Crippen molar-refractivity contribution in [3.8, 4) is 0 Å². The second-order valence-corrected chi connectivity index (χ2v) is 4.19. The average Bonchev–Trinajstić information content (AvgIpc) is 2.30. The lowest BCUT2D eigenvalue weighted by Gasteiger charge is -2.11. The van der Waals surface area contributed by atoms with Crippen LogP contribution >= 0.6 is 0 Å². The second-order valence-electron chi connectivity index (χ2n) is 4.19. The van der Waals surface area contributed by atoms with E-state index in [1.807, 2.05) is 0 Å². The highest BCUT2D eigenvalue weighted by Crippen LogP contribution is 2.14. The molecule has 8 heteroatoms. The summed E-state index contributed by atoms with van der Waals surface area (Å²) in [7, 11) is 0. The van der Waals surface area contributed by atoms with Crippen molar-refractivity contribution in [3.63, 3.8) is 0 Å². The molecule has 0 aliphatic heterocycles. The maximum atomic E-state index is 11.5. The van der Waals surface area contributed by atoms with Crippen LogP contribution < -0.4 is 5.73 Å². The van der Waals surface area contributed by atoms with Gasteiger partial charge in [-0.1, -0.05) is 0 Å². The van der Waals surface area contributed by atoms with Gasteiger partial charge >= 0.3 is 17.9 Å². The summed E-state index contributed by atoms with van der Waals surface area (Å²) in [6.45, 7) is 0. The van der Waals surface area contributed by atoms with Gasteiger partial charge in [-0.05, 0) is 12.8 Å². The van der Waals surface area contributed by atoms with E-state index in [0.717, 1.165) is 0 Å². The van der Waals surface area contributed by atoms with Crippen molar-refractivity contribution in [2.45, 2.75) is 38.1 Å². The molecular formula is C11H17NO7. The fraction of sp³-hybridized carbons (Fsp3) is 0.636. The molecule has 0 rings (SSSR count). The van der Waals surface area contributed by atoms with Crippen LogP contribution in [0.4, 0.5) is 0 Å². The third kappa shape index (κ3) is 7.87. The quantitative estimate of drug-likeness (QED) is 0.423. The van der Waals surface area contributed by atoms with Crippen molar-refractivity contribution in [1.29, 1.82) is 0 Å². The standard InChI is InChI=1S/C11H17NO7/c12-8(11(18)19)3-2-7(13)5-6(10(16)17)1-4-9(14)15/h6,8H,1-5,12H2,(H,14,15)(H,16,17)(H,18,19)/t6-,8-/m0/s1. The first-order valence-electron chi connectivity index (χ1n) is 5.68. The van der Waals surface area contributed by atoms with Crippen LogP contribution in [-0.4, -0.2) is 45.1 Å². The number of carboxylic acid groups (broad SMARTS) is 3. The van der Waals surface area contributed by atoms with Gasteiger partial charge in [0.25, 0.3) is 0 Å². The van der Waals surface area contributed by atoms with E-state index < -0.39 is 35.7 Å². The number of ketones is 1. The average molecular weight is 275 g/mol. The molecule has 5 N–H and O–H groups in total. The lowest BCUT2D eigenvalue weighted by atomic mass is 9.95. The van der Waals surface area contributed by atoms with Gasteiger partial charge in [-0.25, -0.2) is 0 Å². The number of nitrogens with two attached hydrogens (primary N) is 1. The number of hydrogen-bond acceptors (Lipinski definition) is 5. The molecular weight excluding hydrogens is 258 g/mol. The summed E-state index contributed by atoms with van der Waals surface area (Å²) in [5.74, 6) is -5.10. The Morgan fingerprint density at radius 3 is 1.89 bits per heavy atom. The van der Waals surface area contributed by atoms with Crippen LogP contribution in [-0.2, 0) is 19.2 Å². The maximum Gasteiger partial charge on any atom is 0.320 e. The van der Waals surface area contributed by atoms with Crippen LogP contribution in [0.25, 0.3) is 0 Å². The van der Waals surface area contributed by atoms with E-state index in [1.165, 1.54) is 0 Å². The van der Waals surface area contributed by atoms with Crippen LogP contribution in [0.1, 0.15) is 32.1 Å².